The SMILES string of the molecule is C=N/C(C#Cc1ccc2c(c1)C(C)(C)CCC2(C)C)=N\C=C(/C)C(=O)OCC. The van der Waals surface area contributed by atoms with Crippen molar-refractivity contribution in [3.05, 3.63) is 46.7 Å². The fourth-order valence-corrected chi connectivity index (χ4v) is 3.36. The Morgan fingerprint density at radius 2 is 1.86 bits per heavy atom. The molecule has 0 aliphatic heterocycles. The highest BCUT2D eigenvalue weighted by atomic mass is 16.5. The van der Waals surface area contributed by atoms with Gasteiger partial charge in [0.25, 0.3) is 0 Å². The van der Waals surface area contributed by atoms with E-state index in [2.05, 4.69) is 74.4 Å². The minimum absolute atomic E-state index is 0.135. The summed E-state index contributed by atoms with van der Waals surface area (Å²) in [6.07, 6.45) is 3.75. The molecule has 0 atom stereocenters. The fraction of sp³-hybridized carbons (Fsp3) is 0.458. The summed E-state index contributed by atoms with van der Waals surface area (Å²) >= 11 is 0. The monoisotopic (exact) mass is 378 g/mol. The molecule has 0 saturated heterocycles. The molecule has 0 heterocycles. The van der Waals surface area contributed by atoms with Crippen LogP contribution in [0.1, 0.15) is 71.1 Å². The molecule has 1 aliphatic carbocycles. The maximum Gasteiger partial charge on any atom is 0.335 e. The first-order valence-electron chi connectivity index (χ1n) is 9.66. The van der Waals surface area contributed by atoms with Gasteiger partial charge in [-0.25, -0.2) is 14.8 Å². The van der Waals surface area contributed by atoms with Crippen LogP contribution in [0.2, 0.25) is 0 Å². The quantitative estimate of drug-likeness (QED) is 0.246. The van der Waals surface area contributed by atoms with Crippen molar-refractivity contribution < 1.29 is 9.53 Å². The first-order valence-corrected chi connectivity index (χ1v) is 9.66. The molecule has 0 radical (unpaired) electrons. The molecule has 2 rings (SSSR count). The predicted molar refractivity (Wildman–Crippen MR) is 116 cm³/mol. The first kappa shape index (κ1) is 21.6. The van der Waals surface area contributed by atoms with Gasteiger partial charge in [-0.15, -0.1) is 0 Å². The van der Waals surface area contributed by atoms with Crippen LogP contribution < -0.4 is 0 Å². The van der Waals surface area contributed by atoms with Gasteiger partial charge in [-0.05, 0) is 73.4 Å². The Morgan fingerprint density at radius 3 is 2.46 bits per heavy atom. The van der Waals surface area contributed by atoms with Gasteiger partial charge in [0.2, 0.25) is 5.84 Å². The van der Waals surface area contributed by atoms with Crippen LogP contribution in [0, 0.1) is 11.8 Å². The second-order valence-corrected chi connectivity index (χ2v) is 8.42. The summed E-state index contributed by atoms with van der Waals surface area (Å²) in [6, 6.07) is 6.43. The minimum atomic E-state index is -0.401. The Hall–Kier alpha value is -2.67. The molecule has 1 aliphatic rings. The topological polar surface area (TPSA) is 51.0 Å². The lowest BCUT2D eigenvalue weighted by Gasteiger charge is -2.41. The third kappa shape index (κ3) is 4.98. The van der Waals surface area contributed by atoms with E-state index in [9.17, 15) is 4.79 Å². The van der Waals surface area contributed by atoms with E-state index in [1.165, 1.54) is 23.7 Å². The lowest BCUT2D eigenvalue weighted by atomic mass is 9.63. The number of fused-ring (bicyclic) bond motifs is 1. The van der Waals surface area contributed by atoms with E-state index < -0.39 is 5.97 Å². The van der Waals surface area contributed by atoms with E-state index in [4.69, 9.17) is 4.74 Å². The zero-order valence-corrected chi connectivity index (χ0v) is 17.8. The van der Waals surface area contributed by atoms with Gasteiger partial charge in [0.15, 0.2) is 0 Å². The zero-order valence-electron chi connectivity index (χ0n) is 17.8. The number of hydrogen-bond acceptors (Lipinski definition) is 3. The number of aliphatic imine (C=N–C) groups is 2. The van der Waals surface area contributed by atoms with Crippen molar-refractivity contribution in [3.8, 4) is 11.8 Å². The van der Waals surface area contributed by atoms with Crippen molar-refractivity contribution in [3.63, 3.8) is 0 Å². The zero-order chi connectivity index (χ0) is 20.9. The molecule has 1 aromatic rings. The van der Waals surface area contributed by atoms with Crippen LogP contribution in [0.3, 0.4) is 0 Å². The molecule has 4 nitrogen and oxygen atoms in total. The third-order valence-electron chi connectivity index (χ3n) is 5.30. The largest absolute Gasteiger partial charge is 0.463 e. The molecule has 0 unspecified atom stereocenters. The van der Waals surface area contributed by atoms with Crippen LogP contribution >= 0.6 is 0 Å². The average Bonchev–Trinajstić information content (AvgIpc) is 2.65. The number of amidine groups is 1. The van der Waals surface area contributed by atoms with Crippen LogP contribution in [-0.4, -0.2) is 25.1 Å². The molecular weight excluding hydrogens is 348 g/mol. The third-order valence-corrected chi connectivity index (χ3v) is 5.30. The molecule has 0 fully saturated rings. The van der Waals surface area contributed by atoms with Crippen molar-refractivity contribution >= 4 is 18.5 Å². The normalized spacial score (nSPS) is 17.8. The van der Waals surface area contributed by atoms with E-state index in [1.54, 1.807) is 13.8 Å². The van der Waals surface area contributed by atoms with Crippen molar-refractivity contribution in [2.75, 3.05) is 6.61 Å². The number of hydrogen-bond donors (Lipinski definition) is 0. The molecule has 28 heavy (non-hydrogen) atoms. The Bertz CT molecular complexity index is 893. The van der Waals surface area contributed by atoms with Gasteiger partial charge >= 0.3 is 5.97 Å². The molecule has 148 valence electrons. The number of benzene rings is 1. The van der Waals surface area contributed by atoms with Crippen LogP contribution in [0.25, 0.3) is 0 Å². The maximum absolute atomic E-state index is 11.6. The average molecular weight is 379 g/mol. The van der Waals surface area contributed by atoms with E-state index in [0.29, 0.717) is 12.2 Å². The summed E-state index contributed by atoms with van der Waals surface area (Å²) in [4.78, 5) is 19.6. The molecule has 0 saturated carbocycles. The Kier molecular flexibility index (Phi) is 6.61. The van der Waals surface area contributed by atoms with Crippen LogP contribution in [0.15, 0.2) is 40.0 Å². The maximum atomic E-state index is 11.6. The van der Waals surface area contributed by atoms with Gasteiger partial charge < -0.3 is 4.74 Å². The summed E-state index contributed by atoms with van der Waals surface area (Å²) in [6.45, 7) is 16.4. The Balaban J connectivity index is 2.33. The van der Waals surface area contributed by atoms with Gasteiger partial charge in [-0.3, -0.25) is 0 Å². The molecule has 0 N–H and O–H groups in total. The van der Waals surface area contributed by atoms with E-state index in [0.717, 1.165) is 12.0 Å². The lowest BCUT2D eigenvalue weighted by Crippen LogP contribution is -2.33. The highest BCUT2D eigenvalue weighted by molar-refractivity contribution is 6.02. The van der Waals surface area contributed by atoms with Gasteiger partial charge in [0.05, 0.1) is 12.2 Å². The number of carbonyl (C=O) groups is 1. The number of rotatable bonds is 3. The van der Waals surface area contributed by atoms with Crippen molar-refractivity contribution in [1.82, 2.24) is 0 Å². The van der Waals surface area contributed by atoms with Gasteiger partial charge in [0.1, 0.15) is 0 Å². The first-order chi connectivity index (χ1) is 13.1. The number of nitrogens with zero attached hydrogens (tertiary/aromatic N) is 2. The number of carbonyl (C=O) groups excluding carboxylic acids is 1. The smallest absolute Gasteiger partial charge is 0.335 e. The standard InChI is InChI=1S/C24H30N2O2/c1-8-28-22(27)17(2)16-26-21(25-7)12-10-18-9-11-19-20(15-18)24(5,6)14-13-23(19,3)4/h9,11,15-16H,7-8,13-14H2,1-6H3/b17-16+,26-21-. The second kappa shape index (κ2) is 8.56. The van der Waals surface area contributed by atoms with Gasteiger partial charge in [-0.1, -0.05) is 39.7 Å². The molecule has 4 heteroatoms. The van der Waals surface area contributed by atoms with E-state index >= 15 is 0 Å². The molecule has 0 amide bonds. The summed E-state index contributed by atoms with van der Waals surface area (Å²) < 4.78 is 4.93. The molecule has 1 aromatic carbocycles. The van der Waals surface area contributed by atoms with Gasteiger partial charge in [0, 0.05) is 11.8 Å². The van der Waals surface area contributed by atoms with Crippen LogP contribution in [-0.2, 0) is 20.4 Å². The van der Waals surface area contributed by atoms with Gasteiger partial charge in [-0.2, -0.15) is 0 Å². The van der Waals surface area contributed by atoms with Crippen LogP contribution in [0.4, 0.5) is 0 Å². The fourth-order valence-electron chi connectivity index (χ4n) is 3.36. The van der Waals surface area contributed by atoms with Crippen molar-refractivity contribution in [1.29, 1.82) is 0 Å². The minimum Gasteiger partial charge on any atom is -0.463 e. The highest BCUT2D eigenvalue weighted by Crippen LogP contribution is 2.45. The highest BCUT2D eigenvalue weighted by Gasteiger charge is 2.36. The number of esters is 1. The molecule has 0 bridgehead atoms. The van der Waals surface area contributed by atoms with Crippen molar-refractivity contribution in [2.45, 2.75) is 65.2 Å². The summed E-state index contributed by atoms with van der Waals surface area (Å²) in [5, 5.41) is 0. The van der Waals surface area contributed by atoms with Crippen molar-refractivity contribution in [2.24, 2.45) is 9.98 Å². The summed E-state index contributed by atoms with van der Waals surface area (Å²) in [5.41, 5.74) is 4.39. The Labute approximate surface area is 168 Å². The number of ether oxygens (including phenoxy) is 1. The molecule has 0 aromatic heterocycles. The van der Waals surface area contributed by atoms with E-state index in [-0.39, 0.29) is 16.7 Å². The summed E-state index contributed by atoms with van der Waals surface area (Å²) in [7, 11) is 0. The second-order valence-electron chi connectivity index (χ2n) is 8.42. The lowest BCUT2D eigenvalue weighted by molar-refractivity contribution is -0.138. The van der Waals surface area contributed by atoms with Crippen LogP contribution in [0.5, 0.6) is 0 Å². The molecule has 0 spiro atoms. The predicted octanol–water partition coefficient (Wildman–Crippen LogP) is 4.95. The summed E-state index contributed by atoms with van der Waals surface area (Å²) in [5.74, 6) is 5.93. The molecular formula is C24H30N2O2. The Morgan fingerprint density at radius 1 is 1.21 bits per heavy atom. The van der Waals surface area contributed by atoms with E-state index in [1.807, 2.05) is 0 Å².